The van der Waals surface area contributed by atoms with E-state index in [0.29, 0.717) is 11.3 Å². The first-order valence-corrected chi connectivity index (χ1v) is 7.44. The highest BCUT2D eigenvalue weighted by Crippen LogP contribution is 2.16. The maximum Gasteiger partial charge on any atom is 0.286 e. The quantitative estimate of drug-likeness (QED) is 0.648. The van der Waals surface area contributed by atoms with Crippen molar-refractivity contribution in [3.05, 3.63) is 71.2 Å². The van der Waals surface area contributed by atoms with Crippen LogP contribution in [0.1, 0.15) is 21.6 Å². The molecule has 122 valence electrons. The summed E-state index contributed by atoms with van der Waals surface area (Å²) in [5.41, 5.74) is 7.67. The van der Waals surface area contributed by atoms with Crippen LogP contribution >= 0.6 is 0 Å². The van der Waals surface area contributed by atoms with Gasteiger partial charge in [-0.3, -0.25) is 20.4 Å². The SMILES string of the molecule is Cc1ccc2cc(C(=O)NNC(=O)Cc3ccc(F)cc3)[nH]c2c1. The second-order valence-electron chi connectivity index (χ2n) is 5.58. The normalized spacial score (nSPS) is 10.6. The molecule has 0 aliphatic heterocycles. The van der Waals surface area contributed by atoms with Gasteiger partial charge in [0.1, 0.15) is 11.5 Å². The number of aromatic amines is 1. The molecule has 0 atom stereocenters. The maximum atomic E-state index is 12.8. The number of nitrogens with one attached hydrogen (secondary N) is 3. The molecule has 3 N–H and O–H groups in total. The molecule has 0 spiro atoms. The minimum absolute atomic E-state index is 0.0481. The van der Waals surface area contributed by atoms with Crippen molar-refractivity contribution in [2.24, 2.45) is 0 Å². The summed E-state index contributed by atoms with van der Waals surface area (Å²) in [6, 6.07) is 13.2. The average molecular weight is 325 g/mol. The summed E-state index contributed by atoms with van der Waals surface area (Å²) in [5, 5.41) is 0.920. The Bertz CT molecular complexity index is 900. The van der Waals surface area contributed by atoms with E-state index in [-0.39, 0.29) is 18.1 Å². The molecule has 1 aromatic heterocycles. The molecule has 3 aromatic rings. The Morgan fingerprint density at radius 2 is 1.79 bits per heavy atom. The van der Waals surface area contributed by atoms with Crippen LogP contribution in [0.2, 0.25) is 0 Å². The van der Waals surface area contributed by atoms with Gasteiger partial charge in [-0.1, -0.05) is 24.3 Å². The summed E-state index contributed by atoms with van der Waals surface area (Å²) >= 11 is 0. The van der Waals surface area contributed by atoms with E-state index in [2.05, 4.69) is 15.8 Å². The molecule has 2 aromatic carbocycles. The molecule has 6 heteroatoms. The zero-order valence-corrected chi connectivity index (χ0v) is 13.0. The Hall–Kier alpha value is -3.15. The molecule has 1 heterocycles. The van der Waals surface area contributed by atoms with Gasteiger partial charge in [0, 0.05) is 10.9 Å². The van der Waals surface area contributed by atoms with Gasteiger partial charge in [0.25, 0.3) is 5.91 Å². The summed E-state index contributed by atoms with van der Waals surface area (Å²) in [6.07, 6.45) is 0.0481. The van der Waals surface area contributed by atoms with Crippen LogP contribution < -0.4 is 10.9 Å². The smallest absolute Gasteiger partial charge is 0.286 e. The average Bonchev–Trinajstić information content (AvgIpc) is 2.98. The molecule has 0 unspecified atom stereocenters. The molecule has 0 radical (unpaired) electrons. The Balaban J connectivity index is 1.59. The van der Waals surface area contributed by atoms with Gasteiger partial charge in [0.15, 0.2) is 0 Å². The number of rotatable bonds is 3. The summed E-state index contributed by atoms with van der Waals surface area (Å²) in [6.45, 7) is 1.97. The molecule has 5 nitrogen and oxygen atoms in total. The van der Waals surface area contributed by atoms with Gasteiger partial charge < -0.3 is 4.98 Å². The summed E-state index contributed by atoms with van der Waals surface area (Å²) in [5.74, 6) is -1.18. The summed E-state index contributed by atoms with van der Waals surface area (Å²) in [7, 11) is 0. The van der Waals surface area contributed by atoms with Crippen LogP contribution in [0.3, 0.4) is 0 Å². The van der Waals surface area contributed by atoms with E-state index in [1.54, 1.807) is 6.07 Å². The molecule has 2 amide bonds. The van der Waals surface area contributed by atoms with Gasteiger partial charge in [-0.15, -0.1) is 0 Å². The number of carbonyl (C=O) groups is 2. The van der Waals surface area contributed by atoms with Crippen molar-refractivity contribution < 1.29 is 14.0 Å². The van der Waals surface area contributed by atoms with Crippen LogP contribution in [-0.2, 0) is 11.2 Å². The molecule has 0 bridgehead atoms. The lowest BCUT2D eigenvalue weighted by Gasteiger charge is -2.06. The van der Waals surface area contributed by atoms with E-state index in [9.17, 15) is 14.0 Å². The first-order chi connectivity index (χ1) is 11.5. The van der Waals surface area contributed by atoms with Gasteiger partial charge >= 0.3 is 0 Å². The highest BCUT2D eigenvalue weighted by atomic mass is 19.1. The predicted octanol–water partition coefficient (Wildman–Crippen LogP) is 2.62. The van der Waals surface area contributed by atoms with E-state index >= 15 is 0 Å². The number of amides is 2. The summed E-state index contributed by atoms with van der Waals surface area (Å²) in [4.78, 5) is 26.9. The third-order valence-corrected chi connectivity index (χ3v) is 3.62. The fraction of sp³-hybridized carbons (Fsp3) is 0.111. The van der Waals surface area contributed by atoms with Crippen LogP contribution in [0.5, 0.6) is 0 Å². The number of halogens is 1. The molecule has 0 aliphatic carbocycles. The lowest BCUT2D eigenvalue weighted by molar-refractivity contribution is -0.121. The number of benzene rings is 2. The number of fused-ring (bicyclic) bond motifs is 1. The lowest BCUT2D eigenvalue weighted by atomic mass is 10.1. The molecular formula is C18H16FN3O2. The molecule has 0 saturated carbocycles. The van der Waals surface area contributed by atoms with Gasteiger partial charge in [-0.25, -0.2) is 4.39 Å². The van der Waals surface area contributed by atoms with Gasteiger partial charge in [-0.2, -0.15) is 0 Å². The maximum absolute atomic E-state index is 12.8. The monoisotopic (exact) mass is 325 g/mol. The number of aromatic nitrogens is 1. The van der Waals surface area contributed by atoms with E-state index in [0.717, 1.165) is 16.5 Å². The fourth-order valence-electron chi connectivity index (χ4n) is 2.39. The second kappa shape index (κ2) is 6.54. The van der Waals surface area contributed by atoms with Gasteiger partial charge in [0.05, 0.1) is 6.42 Å². The number of carbonyl (C=O) groups excluding carboxylic acids is 2. The number of hydrazine groups is 1. The third kappa shape index (κ3) is 3.60. The highest BCUT2D eigenvalue weighted by Gasteiger charge is 2.11. The first kappa shape index (κ1) is 15.7. The molecular weight excluding hydrogens is 309 g/mol. The topological polar surface area (TPSA) is 74.0 Å². The molecule has 24 heavy (non-hydrogen) atoms. The van der Waals surface area contributed by atoms with Gasteiger partial charge in [0.2, 0.25) is 5.91 Å². The number of hydrogen-bond donors (Lipinski definition) is 3. The minimum atomic E-state index is -0.434. The Kier molecular flexibility index (Phi) is 4.29. The van der Waals surface area contributed by atoms with Crippen molar-refractivity contribution in [2.45, 2.75) is 13.3 Å². The predicted molar refractivity (Wildman–Crippen MR) is 88.7 cm³/mol. The van der Waals surface area contributed by atoms with E-state index < -0.39 is 5.91 Å². The van der Waals surface area contributed by atoms with Crippen molar-refractivity contribution in [3.8, 4) is 0 Å². The van der Waals surface area contributed by atoms with Crippen LogP contribution in [0.15, 0.2) is 48.5 Å². The third-order valence-electron chi connectivity index (χ3n) is 3.62. The standard InChI is InChI=1S/C18H16FN3O2/c1-11-2-5-13-10-16(20-15(13)8-11)18(24)22-21-17(23)9-12-3-6-14(19)7-4-12/h2-8,10,20H,9H2,1H3,(H,21,23)(H,22,24). The Morgan fingerprint density at radius 3 is 2.54 bits per heavy atom. The van der Waals surface area contributed by atoms with Gasteiger partial charge in [-0.05, 0) is 42.3 Å². The molecule has 0 saturated heterocycles. The number of H-pyrrole nitrogens is 1. The number of hydrogen-bond acceptors (Lipinski definition) is 2. The number of aryl methyl sites for hydroxylation is 1. The van der Waals surface area contributed by atoms with Crippen molar-refractivity contribution in [1.82, 2.24) is 15.8 Å². The van der Waals surface area contributed by atoms with Crippen molar-refractivity contribution in [3.63, 3.8) is 0 Å². The zero-order valence-electron chi connectivity index (χ0n) is 13.0. The van der Waals surface area contributed by atoms with Crippen LogP contribution in [0.4, 0.5) is 4.39 Å². The van der Waals surface area contributed by atoms with Crippen LogP contribution in [0, 0.1) is 12.7 Å². The molecule has 0 fully saturated rings. The van der Waals surface area contributed by atoms with Crippen LogP contribution in [0.25, 0.3) is 10.9 Å². The van der Waals surface area contributed by atoms with E-state index in [1.807, 2.05) is 25.1 Å². The lowest BCUT2D eigenvalue weighted by Crippen LogP contribution is -2.42. The molecule has 3 rings (SSSR count). The highest BCUT2D eigenvalue weighted by molar-refractivity contribution is 5.98. The van der Waals surface area contributed by atoms with Crippen molar-refractivity contribution in [1.29, 1.82) is 0 Å². The van der Waals surface area contributed by atoms with E-state index in [4.69, 9.17) is 0 Å². The largest absolute Gasteiger partial charge is 0.350 e. The van der Waals surface area contributed by atoms with Crippen LogP contribution in [-0.4, -0.2) is 16.8 Å². The van der Waals surface area contributed by atoms with Crippen molar-refractivity contribution in [2.75, 3.05) is 0 Å². The molecule has 0 aliphatic rings. The second-order valence-corrected chi connectivity index (χ2v) is 5.58. The fourth-order valence-corrected chi connectivity index (χ4v) is 2.39. The first-order valence-electron chi connectivity index (χ1n) is 7.44. The Morgan fingerprint density at radius 1 is 1.04 bits per heavy atom. The van der Waals surface area contributed by atoms with Crippen molar-refractivity contribution >= 4 is 22.7 Å². The minimum Gasteiger partial charge on any atom is -0.350 e. The summed E-state index contributed by atoms with van der Waals surface area (Å²) < 4.78 is 12.8. The Labute approximate surface area is 137 Å². The van der Waals surface area contributed by atoms with E-state index in [1.165, 1.54) is 24.3 Å². The zero-order chi connectivity index (χ0) is 17.1.